The Bertz CT molecular complexity index is 2560. The maximum absolute atomic E-state index is 14.7. The summed E-state index contributed by atoms with van der Waals surface area (Å²) in [5, 5.41) is 34.2. The molecule has 0 radical (unpaired) electrons. The molecule has 1 saturated carbocycles. The summed E-state index contributed by atoms with van der Waals surface area (Å²) in [6, 6.07) is -3.66. The Morgan fingerprint density at radius 1 is 0.856 bits per heavy atom. The van der Waals surface area contributed by atoms with Gasteiger partial charge in [-0.15, -0.1) is 11.8 Å². The average Bonchev–Trinajstić information content (AvgIpc) is 1.13. The van der Waals surface area contributed by atoms with Crippen molar-refractivity contribution in [2.75, 3.05) is 59.1 Å². The number of carbonyl (C=O) groups is 10. The number of piperidine rings is 1. The van der Waals surface area contributed by atoms with Crippen molar-refractivity contribution >= 4 is 70.7 Å². The minimum atomic E-state index is -1.36. The molecule has 1 unspecified atom stereocenters. The van der Waals surface area contributed by atoms with Crippen LogP contribution in [0, 0.1) is 35.5 Å². The van der Waals surface area contributed by atoms with Crippen LogP contribution in [0.2, 0.25) is 0 Å². The van der Waals surface area contributed by atoms with Gasteiger partial charge in [-0.2, -0.15) is 0 Å². The minimum Gasteiger partial charge on any atom is -0.480 e. The molecule has 4 rings (SSSR count). The Balaban J connectivity index is 1.49. The van der Waals surface area contributed by atoms with E-state index >= 15 is 0 Å². The number of hydrogen-bond acceptors (Lipinski definition) is 20. The summed E-state index contributed by atoms with van der Waals surface area (Å²) in [5.74, 6) is -10.0. The van der Waals surface area contributed by atoms with Crippen LogP contribution in [0.3, 0.4) is 0 Å². The molecule has 2 saturated heterocycles. The summed E-state index contributed by atoms with van der Waals surface area (Å²) in [6.45, 7) is 12.1. The van der Waals surface area contributed by atoms with Gasteiger partial charge < -0.3 is 69.7 Å². The number of thioether (sulfide) groups is 1. The largest absolute Gasteiger partial charge is 0.480 e. The van der Waals surface area contributed by atoms with Gasteiger partial charge in [-0.05, 0) is 119 Å². The number of carboxylic acid groups (broad SMARTS) is 2. The van der Waals surface area contributed by atoms with E-state index in [2.05, 4.69) is 10.6 Å². The Morgan fingerprint density at radius 2 is 1.59 bits per heavy atom. The van der Waals surface area contributed by atoms with Crippen molar-refractivity contribution in [3.8, 4) is 0 Å². The summed E-state index contributed by atoms with van der Waals surface area (Å²) in [5.41, 5.74) is 6.76. The highest BCUT2D eigenvalue weighted by molar-refractivity contribution is 8.00. The lowest BCUT2D eigenvalue weighted by molar-refractivity contribution is -0.170. The number of fused-ring (bicyclic) bond motifs is 3. The number of carboxylic acids is 2. The number of methoxy groups -OCH3 is 3. The van der Waals surface area contributed by atoms with Crippen molar-refractivity contribution in [1.29, 1.82) is 0 Å². The molecule has 1 aliphatic carbocycles. The van der Waals surface area contributed by atoms with E-state index in [1.54, 1.807) is 41.1 Å². The molecule has 25 heteroatoms. The average molecular weight is 1290 g/mol. The molecular weight excluding hydrogens is 1190 g/mol. The van der Waals surface area contributed by atoms with E-state index in [1.165, 1.54) is 12.0 Å². The Hall–Kier alpha value is -5.67. The number of cyclic esters (lactones) is 1. The van der Waals surface area contributed by atoms with Crippen molar-refractivity contribution in [3.63, 3.8) is 0 Å². The van der Waals surface area contributed by atoms with Crippen molar-refractivity contribution in [1.82, 2.24) is 15.5 Å². The number of Topliss-reactive ketones (excluding diaryl/α,β-unsaturated/α-hetero) is 3. The number of rotatable bonds is 22. The zero-order valence-electron chi connectivity index (χ0n) is 54.1. The van der Waals surface area contributed by atoms with Crippen LogP contribution in [0.4, 0.5) is 0 Å². The molecule has 0 aromatic rings. The van der Waals surface area contributed by atoms with E-state index in [0.29, 0.717) is 69.8 Å². The molecule has 3 fully saturated rings. The molecule has 90 heavy (non-hydrogen) atoms. The molecule has 0 aromatic heterocycles. The number of ketones is 3. The number of aliphatic hydroxyl groups excluding tert-OH is 1. The summed E-state index contributed by atoms with van der Waals surface area (Å²) in [7, 11) is 4.53. The molecule has 2 bridgehead atoms. The van der Waals surface area contributed by atoms with Crippen LogP contribution in [-0.4, -0.2) is 205 Å². The maximum Gasteiger partial charge on any atom is 0.329 e. The van der Waals surface area contributed by atoms with Gasteiger partial charge in [-0.1, -0.05) is 71.1 Å². The van der Waals surface area contributed by atoms with E-state index in [4.69, 9.17) is 49.1 Å². The topological polar surface area (TPSA) is 349 Å². The maximum atomic E-state index is 14.7. The summed E-state index contributed by atoms with van der Waals surface area (Å²) >= 11 is 0.946. The third-order valence-corrected chi connectivity index (χ3v) is 18.5. The van der Waals surface area contributed by atoms with Crippen molar-refractivity contribution in [3.05, 3.63) is 47.6 Å². The number of nitrogens with zero attached hydrogens (tertiary/aromatic N) is 1. The lowest BCUT2D eigenvalue weighted by Gasteiger charge is -2.39. The fourth-order valence-corrected chi connectivity index (χ4v) is 12.9. The van der Waals surface area contributed by atoms with Crippen LogP contribution in [0.5, 0.6) is 0 Å². The number of ether oxygens (including phenoxy) is 7. The fourth-order valence-electron chi connectivity index (χ4n) is 12.1. The number of aliphatic hydroxyl groups is 1. The number of carbonyl (C=O) groups excluding carboxylic acids is 8. The second-order valence-corrected chi connectivity index (χ2v) is 25.8. The molecular formula is C65H100N4O20S. The number of hydrogen-bond donors (Lipinski definition) is 6. The van der Waals surface area contributed by atoms with E-state index in [0.717, 1.165) is 17.3 Å². The zero-order chi connectivity index (χ0) is 66.8. The van der Waals surface area contributed by atoms with Crippen LogP contribution >= 0.6 is 11.8 Å². The van der Waals surface area contributed by atoms with Gasteiger partial charge in [0.15, 0.2) is 5.78 Å². The van der Waals surface area contributed by atoms with Crippen molar-refractivity contribution in [2.45, 2.75) is 205 Å². The SMILES string of the molecule is CO[C@H]1C[C@@H]2CC[C@@H](C)[C@@H](O2)C(=O)C(=O)N2CCCC[C@H]2C(=O)OC([C@H](C)C[C@@H]2CC[C@@H](OCCOC(=O)CSC[C@H](NC(=O)CC[C@H](N)C(=O)O)C(=O)NCC(=O)O)[C@H](OC)C2)CC(=O)[C@H](C)/C=C(\C)[C@@H](O)[C@@H](OC)C(=O)[C@H](C)C[C@@H](C)\C=C/C=C/C=C/1C. The number of nitrogens with two attached hydrogens (primary N) is 1. The number of esters is 2. The van der Waals surface area contributed by atoms with E-state index < -0.39 is 120 Å². The molecule has 17 atom stereocenters. The molecule has 3 aliphatic heterocycles. The quantitative estimate of drug-likeness (QED) is 0.0358. The second kappa shape index (κ2) is 39.0. The summed E-state index contributed by atoms with van der Waals surface area (Å²) in [6.07, 6.45) is 10.2. The van der Waals surface area contributed by atoms with E-state index in [9.17, 15) is 53.1 Å². The van der Waals surface area contributed by atoms with Crippen LogP contribution in [0.25, 0.3) is 0 Å². The smallest absolute Gasteiger partial charge is 0.329 e. The molecule has 3 heterocycles. The highest BCUT2D eigenvalue weighted by Gasteiger charge is 2.44. The number of allylic oxidation sites excluding steroid dienone is 6. The molecule has 3 amide bonds. The molecule has 7 N–H and O–H groups in total. The summed E-state index contributed by atoms with van der Waals surface area (Å²) in [4.78, 5) is 133. The predicted octanol–water partition coefficient (Wildman–Crippen LogP) is 5.04. The fraction of sp³-hybridized carbons (Fsp3) is 0.723. The van der Waals surface area contributed by atoms with Crippen molar-refractivity contribution in [2.24, 2.45) is 41.2 Å². The standard InChI is InChI=1S/C65H100N4O20S/c1-37-16-12-11-13-17-38(2)51(83-8)32-45-21-19-39(3)60(88-45)59(77)63(79)69-25-15-14-18-48(69)65(82)89-52(33-49(70)40(4)29-43(7)58(76)61(85-10)57(75)42(6)28-37)41(5)30-44-20-23-50(53(31-44)84-9)86-26-27-87-56(74)36-90-35-47(62(78)67-34-55(72)73)68-54(71)24-22-46(66)64(80)81/h11-13,16-17,29,37,39-42,44-48,50-53,58,60-61,76H,14-15,18-28,30-36,66H2,1-10H3,(H,67,78)(H,68,71)(H,72,73)(H,80,81)/b13-11+,16-12-,38-17+,43-29+/t37-,39+,40+,41+,42+,44-,45-,46-,47-,48-,50+,51-,52?,53+,58+,60+,61-/m0/s1. The summed E-state index contributed by atoms with van der Waals surface area (Å²) < 4.78 is 41.8. The van der Waals surface area contributed by atoms with Crippen LogP contribution in [0.1, 0.15) is 138 Å². The van der Waals surface area contributed by atoms with Gasteiger partial charge in [-0.3, -0.25) is 43.2 Å². The number of nitrogens with one attached hydrogen (secondary N) is 2. The van der Waals surface area contributed by atoms with Crippen LogP contribution in [0.15, 0.2) is 47.6 Å². The highest BCUT2D eigenvalue weighted by atomic mass is 32.2. The number of amides is 3. The van der Waals surface area contributed by atoms with Gasteiger partial charge in [0.1, 0.15) is 61.5 Å². The first-order chi connectivity index (χ1) is 42.7. The lowest BCUT2D eigenvalue weighted by atomic mass is 9.78. The first-order valence-electron chi connectivity index (χ1n) is 31.5. The van der Waals surface area contributed by atoms with E-state index in [1.807, 2.05) is 58.1 Å². The van der Waals surface area contributed by atoms with Gasteiger partial charge in [0.2, 0.25) is 17.6 Å². The highest BCUT2D eigenvalue weighted by Crippen LogP contribution is 2.36. The Labute approximate surface area is 533 Å². The first-order valence-corrected chi connectivity index (χ1v) is 32.7. The monoisotopic (exact) mass is 1290 g/mol. The predicted molar refractivity (Wildman–Crippen MR) is 333 cm³/mol. The van der Waals surface area contributed by atoms with E-state index in [-0.39, 0.29) is 105 Å². The molecule has 24 nitrogen and oxygen atoms in total. The Kier molecular flexibility index (Phi) is 33.3. The third-order valence-electron chi connectivity index (χ3n) is 17.5. The van der Waals surface area contributed by atoms with Gasteiger partial charge in [0.05, 0.1) is 36.8 Å². The van der Waals surface area contributed by atoms with Crippen molar-refractivity contribution < 1.29 is 96.4 Å². The van der Waals surface area contributed by atoms with Gasteiger partial charge in [0, 0.05) is 64.7 Å². The first kappa shape index (κ1) is 76.8. The minimum absolute atomic E-state index is 0.00321. The third kappa shape index (κ3) is 24.8. The number of aliphatic carboxylic acids is 2. The van der Waals surface area contributed by atoms with Gasteiger partial charge in [0.25, 0.3) is 5.91 Å². The molecule has 0 aromatic carbocycles. The lowest BCUT2D eigenvalue weighted by Crippen LogP contribution is -2.55. The van der Waals surface area contributed by atoms with Gasteiger partial charge >= 0.3 is 23.9 Å². The molecule has 506 valence electrons. The molecule has 4 aliphatic rings. The van der Waals surface area contributed by atoms with Gasteiger partial charge in [-0.25, -0.2) is 4.79 Å². The zero-order valence-corrected chi connectivity index (χ0v) is 55.0. The normalized spacial score (nSPS) is 32.0. The van der Waals surface area contributed by atoms with Crippen LogP contribution in [-0.2, 0) is 81.1 Å². The second-order valence-electron chi connectivity index (χ2n) is 24.7. The van der Waals surface area contributed by atoms with Crippen LogP contribution < -0.4 is 16.4 Å². The Morgan fingerprint density at radius 3 is 2.27 bits per heavy atom. The molecule has 0 spiro atoms.